The van der Waals surface area contributed by atoms with Crippen LogP contribution >= 0.6 is 11.8 Å². The molecule has 2 amide bonds. The predicted molar refractivity (Wildman–Crippen MR) is 207 cm³/mol. The topological polar surface area (TPSA) is 107 Å². The number of amides is 2. The second kappa shape index (κ2) is 16.4. The van der Waals surface area contributed by atoms with E-state index in [-0.39, 0.29) is 30.1 Å². The smallest absolute Gasteiger partial charge is 0.236 e. The number of aromatic nitrogens is 3. The number of hydrogen-bond donors (Lipinski definition) is 2. The molecule has 5 heterocycles. The summed E-state index contributed by atoms with van der Waals surface area (Å²) >= 11 is 1.55. The molecular weight excluding hydrogens is 650 g/mol. The fraction of sp³-hybridized carbons (Fsp3) is 0.615. The number of carbonyl (C=O) groups is 2. The first-order chi connectivity index (χ1) is 23.4. The van der Waals surface area contributed by atoms with Crippen molar-refractivity contribution in [2.45, 2.75) is 105 Å². The minimum absolute atomic E-state index is 0. The zero-order valence-electron chi connectivity index (χ0n) is 30.4. The van der Waals surface area contributed by atoms with Crippen LogP contribution in [0.3, 0.4) is 0 Å². The summed E-state index contributed by atoms with van der Waals surface area (Å²) in [5, 5.41) is 12.7. The fourth-order valence-electron chi connectivity index (χ4n) is 7.50. The van der Waals surface area contributed by atoms with E-state index in [9.17, 15) is 9.59 Å². The standard InChI is InChI=1S/C36H48FN7O2S.C2H6.CH4/c1-6-34(4,5)35(20-30(45)40-27-8-9-29-28(19-27)32(42-41-29)26-10-14-38-24(2)18-26)12-16-43(23-35)22-31(46)44-15-7-11-36(37,13-17-44)33-39-21-25(3)47-33;1-2;/h8-10,14,18-19,25H,6-7,11-13,15-17,20-23H2,1-5H3,(H,40,45)(H,41,42);1-2H3;1H4. The molecule has 0 aliphatic carbocycles. The van der Waals surface area contributed by atoms with Crippen LogP contribution in [0.1, 0.15) is 93.2 Å². The Kier molecular flexibility index (Phi) is 12.9. The molecule has 3 aliphatic heterocycles. The Morgan fingerprint density at radius 1 is 1.12 bits per heavy atom. The number of pyridine rings is 1. The number of nitrogens with one attached hydrogen (secondary N) is 2. The van der Waals surface area contributed by atoms with Gasteiger partial charge in [0.15, 0.2) is 5.67 Å². The van der Waals surface area contributed by atoms with E-state index >= 15 is 4.39 Å². The molecule has 0 radical (unpaired) electrons. The van der Waals surface area contributed by atoms with E-state index in [1.54, 1.807) is 18.0 Å². The van der Waals surface area contributed by atoms with Crippen molar-refractivity contribution >= 4 is 45.2 Å². The normalized spacial score (nSPS) is 24.2. The Labute approximate surface area is 302 Å². The van der Waals surface area contributed by atoms with E-state index in [1.165, 1.54) is 0 Å². The second-order valence-corrected chi connectivity index (χ2v) is 15.9. The SMILES string of the molecule is C.CC.CCC(C)(C)C1(CC(=O)Nc2ccc3[nH]nc(-c4ccnc(C)c4)c3c2)CCN(CC(=O)N2CCCC(F)(C3=NCC(C)S3)CC2)C1. The molecule has 0 saturated carbocycles. The lowest BCUT2D eigenvalue weighted by Gasteiger charge is -2.44. The van der Waals surface area contributed by atoms with Crippen LogP contribution in [0.5, 0.6) is 0 Å². The van der Waals surface area contributed by atoms with Crippen molar-refractivity contribution in [3.8, 4) is 11.3 Å². The Hall–Kier alpha value is -3.31. The zero-order chi connectivity index (χ0) is 35.4. The lowest BCUT2D eigenvalue weighted by atomic mass is 9.61. The fourth-order valence-corrected chi connectivity index (χ4v) is 8.59. The summed E-state index contributed by atoms with van der Waals surface area (Å²) in [7, 11) is 0. The van der Waals surface area contributed by atoms with Crippen LogP contribution in [0.25, 0.3) is 22.2 Å². The summed E-state index contributed by atoms with van der Waals surface area (Å²) < 4.78 is 15.9. The second-order valence-electron chi connectivity index (χ2n) is 14.5. The monoisotopic (exact) mass is 707 g/mol. The van der Waals surface area contributed by atoms with Crippen molar-refractivity contribution < 1.29 is 14.0 Å². The molecule has 11 heteroatoms. The minimum atomic E-state index is -1.42. The molecule has 2 aromatic heterocycles. The number of anilines is 1. The van der Waals surface area contributed by atoms with Gasteiger partial charge in [-0.05, 0) is 73.9 Å². The van der Waals surface area contributed by atoms with Gasteiger partial charge in [-0.3, -0.25) is 29.6 Å². The van der Waals surface area contributed by atoms with Gasteiger partial charge in [-0.1, -0.05) is 55.4 Å². The molecule has 274 valence electrons. The first-order valence-electron chi connectivity index (χ1n) is 18.0. The van der Waals surface area contributed by atoms with Gasteiger partial charge in [-0.15, -0.1) is 11.8 Å². The van der Waals surface area contributed by atoms with Crippen LogP contribution in [0.2, 0.25) is 0 Å². The predicted octanol–water partition coefficient (Wildman–Crippen LogP) is 8.31. The van der Waals surface area contributed by atoms with Crippen molar-refractivity contribution in [1.29, 1.82) is 0 Å². The van der Waals surface area contributed by atoms with Crippen LogP contribution in [0, 0.1) is 17.8 Å². The molecule has 50 heavy (non-hydrogen) atoms. The molecule has 3 unspecified atom stereocenters. The van der Waals surface area contributed by atoms with E-state index in [4.69, 9.17) is 0 Å². The number of alkyl halides is 1. The van der Waals surface area contributed by atoms with Crippen LogP contribution in [0.15, 0.2) is 41.5 Å². The lowest BCUT2D eigenvalue weighted by molar-refractivity contribution is -0.132. The summed E-state index contributed by atoms with van der Waals surface area (Å²) in [6.07, 6.45) is 5.26. The molecule has 2 saturated heterocycles. The van der Waals surface area contributed by atoms with Crippen molar-refractivity contribution in [1.82, 2.24) is 25.0 Å². The van der Waals surface area contributed by atoms with E-state index in [0.717, 1.165) is 52.9 Å². The highest BCUT2D eigenvalue weighted by atomic mass is 32.2. The molecule has 9 nitrogen and oxygen atoms in total. The maximum atomic E-state index is 15.9. The number of likely N-dealkylation sites (tertiary alicyclic amines) is 2. The van der Waals surface area contributed by atoms with Crippen LogP contribution in [-0.4, -0.2) is 92.0 Å². The number of benzene rings is 1. The summed E-state index contributed by atoms with van der Waals surface area (Å²) in [5.74, 6) is 0.0180. The maximum Gasteiger partial charge on any atom is 0.236 e. The van der Waals surface area contributed by atoms with Gasteiger partial charge in [0.05, 0.1) is 18.6 Å². The molecule has 2 N–H and O–H groups in total. The minimum Gasteiger partial charge on any atom is -0.341 e. The molecule has 1 aromatic carbocycles. The third-order valence-corrected chi connectivity index (χ3v) is 12.2. The zero-order valence-corrected chi connectivity index (χ0v) is 31.2. The average molecular weight is 708 g/mol. The number of nitrogens with zero attached hydrogens (tertiary/aromatic N) is 5. The first-order valence-corrected chi connectivity index (χ1v) is 18.9. The molecular formula is C39H58FN7O2S. The van der Waals surface area contributed by atoms with E-state index in [1.807, 2.05) is 56.0 Å². The van der Waals surface area contributed by atoms with Gasteiger partial charge in [0.2, 0.25) is 11.8 Å². The lowest BCUT2D eigenvalue weighted by Crippen LogP contribution is -2.45. The van der Waals surface area contributed by atoms with Crippen LogP contribution in [-0.2, 0) is 9.59 Å². The summed E-state index contributed by atoms with van der Waals surface area (Å²) in [6.45, 7) is 18.1. The van der Waals surface area contributed by atoms with Gasteiger partial charge < -0.3 is 10.2 Å². The first kappa shape index (κ1) is 39.5. The number of hydrogen-bond acceptors (Lipinski definition) is 7. The quantitative estimate of drug-likeness (QED) is 0.232. The average Bonchev–Trinajstić information content (AvgIpc) is 3.79. The molecule has 0 spiro atoms. The van der Waals surface area contributed by atoms with Gasteiger partial charge in [0.1, 0.15) is 10.7 Å². The van der Waals surface area contributed by atoms with Crippen LogP contribution < -0.4 is 5.32 Å². The molecule has 0 bridgehead atoms. The van der Waals surface area contributed by atoms with Gasteiger partial charge in [-0.25, -0.2) is 4.39 Å². The molecule has 3 aromatic rings. The number of aryl methyl sites for hydroxylation is 1. The molecule has 3 aliphatic rings. The molecule has 6 rings (SSSR count). The maximum absolute atomic E-state index is 15.9. The number of H-pyrrole nitrogens is 1. The van der Waals surface area contributed by atoms with Gasteiger partial charge in [0.25, 0.3) is 0 Å². The number of fused-ring (bicyclic) bond motifs is 1. The van der Waals surface area contributed by atoms with Gasteiger partial charge >= 0.3 is 0 Å². The number of aliphatic imine (C=N–C) groups is 1. The van der Waals surface area contributed by atoms with Crippen molar-refractivity contribution in [2.24, 2.45) is 15.8 Å². The summed E-state index contributed by atoms with van der Waals surface area (Å²) in [5.41, 5.74) is 2.51. The summed E-state index contributed by atoms with van der Waals surface area (Å²) in [4.78, 5) is 40.1. The number of aromatic amines is 1. The van der Waals surface area contributed by atoms with E-state index in [0.29, 0.717) is 68.7 Å². The van der Waals surface area contributed by atoms with Gasteiger partial charge in [-0.2, -0.15) is 5.10 Å². The Balaban J connectivity index is 0.00000184. The van der Waals surface area contributed by atoms with Gasteiger partial charge in [0, 0.05) is 66.3 Å². The summed E-state index contributed by atoms with van der Waals surface area (Å²) in [6, 6.07) is 9.77. The van der Waals surface area contributed by atoms with Crippen molar-refractivity contribution in [3.63, 3.8) is 0 Å². The van der Waals surface area contributed by atoms with E-state index in [2.05, 4.69) is 58.1 Å². The highest BCUT2D eigenvalue weighted by molar-refractivity contribution is 8.15. The largest absolute Gasteiger partial charge is 0.341 e. The highest BCUT2D eigenvalue weighted by Gasteiger charge is 2.50. The molecule has 3 atom stereocenters. The number of carbonyl (C=O) groups excluding carboxylic acids is 2. The van der Waals surface area contributed by atoms with E-state index < -0.39 is 5.67 Å². The Morgan fingerprint density at radius 2 is 1.90 bits per heavy atom. The Morgan fingerprint density at radius 3 is 2.60 bits per heavy atom. The van der Waals surface area contributed by atoms with Crippen molar-refractivity contribution in [3.05, 3.63) is 42.2 Å². The van der Waals surface area contributed by atoms with Crippen LogP contribution in [0.4, 0.5) is 10.1 Å². The highest BCUT2D eigenvalue weighted by Crippen LogP contribution is 2.51. The third-order valence-electron chi connectivity index (χ3n) is 10.9. The number of halogens is 1. The number of rotatable bonds is 9. The number of thioether (sulfide) groups is 1. The van der Waals surface area contributed by atoms with Crippen molar-refractivity contribution in [2.75, 3.05) is 44.6 Å². The molecule has 2 fully saturated rings. The Bertz CT molecular complexity index is 1670. The third kappa shape index (κ3) is 8.41.